The molecule has 0 bridgehead atoms. The first kappa shape index (κ1) is 13.9. The van der Waals surface area contributed by atoms with Gasteiger partial charge in [0, 0.05) is 18.7 Å². The quantitative estimate of drug-likeness (QED) is 0.832. The standard InChI is InChI=1S/C16H23NO2/c1-3-12-19-15-6-4-14(5-7-15)16(18)17-10-8-13(2)9-11-17/h4-7,13H,3,8-12H2,1-2H3. The highest BCUT2D eigenvalue weighted by Crippen LogP contribution is 2.19. The monoisotopic (exact) mass is 261 g/mol. The summed E-state index contributed by atoms with van der Waals surface area (Å²) >= 11 is 0. The maximum Gasteiger partial charge on any atom is 0.253 e. The van der Waals surface area contributed by atoms with Crippen molar-refractivity contribution in [1.29, 1.82) is 0 Å². The van der Waals surface area contributed by atoms with Gasteiger partial charge >= 0.3 is 0 Å². The summed E-state index contributed by atoms with van der Waals surface area (Å²) in [5.74, 6) is 1.73. The normalized spacial score (nSPS) is 16.4. The number of likely N-dealkylation sites (tertiary alicyclic amines) is 1. The minimum absolute atomic E-state index is 0.147. The highest BCUT2D eigenvalue weighted by molar-refractivity contribution is 5.94. The van der Waals surface area contributed by atoms with Crippen LogP contribution in [0.5, 0.6) is 5.75 Å². The van der Waals surface area contributed by atoms with E-state index in [0.717, 1.165) is 56.2 Å². The lowest BCUT2D eigenvalue weighted by Crippen LogP contribution is -2.37. The number of carbonyl (C=O) groups excluding carboxylic acids is 1. The topological polar surface area (TPSA) is 29.5 Å². The molecule has 1 fully saturated rings. The summed E-state index contributed by atoms with van der Waals surface area (Å²) in [5.41, 5.74) is 0.762. The Kier molecular flexibility index (Phi) is 4.83. The molecule has 1 aliphatic heterocycles. The van der Waals surface area contributed by atoms with Crippen LogP contribution in [-0.2, 0) is 0 Å². The third-order valence-electron chi connectivity index (χ3n) is 3.64. The Hall–Kier alpha value is -1.51. The van der Waals surface area contributed by atoms with E-state index in [1.165, 1.54) is 0 Å². The molecule has 0 atom stereocenters. The van der Waals surface area contributed by atoms with Crippen LogP contribution >= 0.6 is 0 Å². The Labute approximate surface area is 115 Å². The number of benzene rings is 1. The van der Waals surface area contributed by atoms with Crippen molar-refractivity contribution in [2.75, 3.05) is 19.7 Å². The molecule has 1 amide bonds. The second-order valence-corrected chi connectivity index (χ2v) is 5.35. The molecule has 3 nitrogen and oxygen atoms in total. The van der Waals surface area contributed by atoms with Gasteiger partial charge in [-0.2, -0.15) is 0 Å². The highest BCUT2D eigenvalue weighted by Gasteiger charge is 2.21. The second kappa shape index (κ2) is 6.60. The van der Waals surface area contributed by atoms with Gasteiger partial charge in [0.1, 0.15) is 5.75 Å². The Morgan fingerprint density at radius 2 is 1.89 bits per heavy atom. The van der Waals surface area contributed by atoms with Crippen LogP contribution in [0.25, 0.3) is 0 Å². The molecule has 19 heavy (non-hydrogen) atoms. The Morgan fingerprint density at radius 1 is 1.26 bits per heavy atom. The van der Waals surface area contributed by atoms with Gasteiger partial charge in [-0.05, 0) is 49.4 Å². The van der Waals surface area contributed by atoms with E-state index in [0.29, 0.717) is 0 Å². The molecule has 0 aromatic heterocycles. The van der Waals surface area contributed by atoms with Crippen LogP contribution in [0, 0.1) is 5.92 Å². The first-order valence-electron chi connectivity index (χ1n) is 7.23. The fourth-order valence-electron chi connectivity index (χ4n) is 2.31. The molecule has 0 N–H and O–H groups in total. The molecule has 1 aliphatic rings. The highest BCUT2D eigenvalue weighted by atomic mass is 16.5. The van der Waals surface area contributed by atoms with Gasteiger partial charge in [-0.3, -0.25) is 4.79 Å². The molecule has 3 heteroatoms. The molecular formula is C16H23NO2. The van der Waals surface area contributed by atoms with Crippen molar-refractivity contribution >= 4 is 5.91 Å². The van der Waals surface area contributed by atoms with E-state index in [1.54, 1.807) is 0 Å². The van der Waals surface area contributed by atoms with E-state index < -0.39 is 0 Å². The molecule has 1 heterocycles. The number of rotatable bonds is 4. The fourth-order valence-corrected chi connectivity index (χ4v) is 2.31. The van der Waals surface area contributed by atoms with E-state index in [-0.39, 0.29) is 5.91 Å². The van der Waals surface area contributed by atoms with Gasteiger partial charge in [0.15, 0.2) is 0 Å². The zero-order valence-electron chi connectivity index (χ0n) is 11.9. The van der Waals surface area contributed by atoms with Gasteiger partial charge in [-0.15, -0.1) is 0 Å². The van der Waals surface area contributed by atoms with Crippen molar-refractivity contribution in [2.24, 2.45) is 5.92 Å². The van der Waals surface area contributed by atoms with Crippen molar-refractivity contribution < 1.29 is 9.53 Å². The minimum Gasteiger partial charge on any atom is -0.494 e. The average molecular weight is 261 g/mol. The van der Waals surface area contributed by atoms with E-state index in [4.69, 9.17) is 4.74 Å². The smallest absolute Gasteiger partial charge is 0.253 e. The minimum atomic E-state index is 0.147. The molecule has 0 aliphatic carbocycles. The van der Waals surface area contributed by atoms with Crippen molar-refractivity contribution in [1.82, 2.24) is 4.90 Å². The summed E-state index contributed by atoms with van der Waals surface area (Å²) in [6.07, 6.45) is 3.22. The fraction of sp³-hybridized carbons (Fsp3) is 0.562. The Balaban J connectivity index is 1.95. The van der Waals surface area contributed by atoms with Crippen molar-refractivity contribution in [3.63, 3.8) is 0 Å². The summed E-state index contributed by atoms with van der Waals surface area (Å²) in [5, 5.41) is 0. The molecule has 0 saturated carbocycles. The van der Waals surface area contributed by atoms with Crippen LogP contribution in [0.4, 0.5) is 0 Å². The van der Waals surface area contributed by atoms with Crippen LogP contribution in [0.2, 0.25) is 0 Å². The second-order valence-electron chi connectivity index (χ2n) is 5.35. The average Bonchev–Trinajstić information content (AvgIpc) is 2.46. The number of hydrogen-bond acceptors (Lipinski definition) is 2. The largest absolute Gasteiger partial charge is 0.494 e. The van der Waals surface area contributed by atoms with Gasteiger partial charge < -0.3 is 9.64 Å². The molecular weight excluding hydrogens is 238 g/mol. The predicted octanol–water partition coefficient (Wildman–Crippen LogP) is 3.35. The number of hydrogen-bond donors (Lipinski definition) is 0. The van der Waals surface area contributed by atoms with E-state index in [2.05, 4.69) is 13.8 Å². The van der Waals surface area contributed by atoms with Gasteiger partial charge in [0.05, 0.1) is 6.61 Å². The molecule has 2 rings (SSSR count). The van der Waals surface area contributed by atoms with Crippen LogP contribution in [0.15, 0.2) is 24.3 Å². The molecule has 104 valence electrons. The zero-order valence-corrected chi connectivity index (χ0v) is 11.9. The molecule has 0 spiro atoms. The summed E-state index contributed by atoms with van der Waals surface area (Å²) in [6.45, 7) is 6.82. The van der Waals surface area contributed by atoms with Gasteiger partial charge in [-0.1, -0.05) is 13.8 Å². The maximum absolute atomic E-state index is 12.3. The number of piperidine rings is 1. The predicted molar refractivity (Wildman–Crippen MR) is 76.5 cm³/mol. The third-order valence-corrected chi connectivity index (χ3v) is 3.64. The maximum atomic E-state index is 12.3. The molecule has 0 radical (unpaired) electrons. The van der Waals surface area contributed by atoms with Gasteiger partial charge in [0.25, 0.3) is 5.91 Å². The molecule has 0 unspecified atom stereocenters. The van der Waals surface area contributed by atoms with Crippen molar-refractivity contribution in [3.8, 4) is 5.75 Å². The SMILES string of the molecule is CCCOc1ccc(C(=O)N2CCC(C)CC2)cc1. The van der Waals surface area contributed by atoms with Crippen molar-refractivity contribution in [3.05, 3.63) is 29.8 Å². The summed E-state index contributed by atoms with van der Waals surface area (Å²) in [7, 11) is 0. The number of amides is 1. The van der Waals surface area contributed by atoms with Crippen LogP contribution in [-0.4, -0.2) is 30.5 Å². The molecule has 1 saturated heterocycles. The first-order valence-corrected chi connectivity index (χ1v) is 7.23. The zero-order chi connectivity index (χ0) is 13.7. The van der Waals surface area contributed by atoms with E-state index >= 15 is 0 Å². The van der Waals surface area contributed by atoms with Gasteiger partial charge in [0.2, 0.25) is 0 Å². The van der Waals surface area contributed by atoms with Crippen LogP contribution in [0.1, 0.15) is 43.5 Å². The summed E-state index contributed by atoms with van der Waals surface area (Å²) < 4.78 is 5.52. The third kappa shape index (κ3) is 3.72. The summed E-state index contributed by atoms with van der Waals surface area (Å²) in [4.78, 5) is 14.3. The number of ether oxygens (including phenoxy) is 1. The van der Waals surface area contributed by atoms with Gasteiger partial charge in [-0.25, -0.2) is 0 Å². The van der Waals surface area contributed by atoms with Crippen LogP contribution in [0.3, 0.4) is 0 Å². The number of carbonyl (C=O) groups is 1. The lowest BCUT2D eigenvalue weighted by molar-refractivity contribution is 0.0697. The molecule has 1 aromatic carbocycles. The van der Waals surface area contributed by atoms with E-state index in [1.807, 2.05) is 29.2 Å². The Morgan fingerprint density at radius 3 is 2.47 bits per heavy atom. The lowest BCUT2D eigenvalue weighted by atomic mass is 9.98. The van der Waals surface area contributed by atoms with E-state index in [9.17, 15) is 4.79 Å². The Bertz CT molecular complexity index is 405. The molecule has 1 aromatic rings. The first-order chi connectivity index (χ1) is 9.20. The van der Waals surface area contributed by atoms with Crippen LogP contribution < -0.4 is 4.74 Å². The lowest BCUT2D eigenvalue weighted by Gasteiger charge is -2.30. The summed E-state index contributed by atoms with van der Waals surface area (Å²) in [6, 6.07) is 7.50. The number of nitrogens with zero attached hydrogens (tertiary/aromatic N) is 1. The van der Waals surface area contributed by atoms with Crippen molar-refractivity contribution in [2.45, 2.75) is 33.1 Å².